The minimum Gasteiger partial charge on any atom is -0.479 e. The van der Waals surface area contributed by atoms with E-state index in [0.29, 0.717) is 11.7 Å². The zero-order chi connectivity index (χ0) is 15.3. The molecule has 20 heavy (non-hydrogen) atoms. The molecule has 0 saturated heterocycles. The number of carboxylic acid groups (broad SMARTS) is 1. The molecule has 0 spiro atoms. The van der Waals surface area contributed by atoms with Crippen LogP contribution >= 0.6 is 0 Å². The molecule has 0 radical (unpaired) electrons. The van der Waals surface area contributed by atoms with Crippen LogP contribution in [-0.2, 0) is 11.3 Å². The van der Waals surface area contributed by atoms with E-state index in [4.69, 9.17) is 9.84 Å². The van der Waals surface area contributed by atoms with Crippen LogP contribution in [0.3, 0.4) is 0 Å². The number of aryl methyl sites for hydroxylation is 2. The molecule has 4 nitrogen and oxygen atoms in total. The Bertz CT molecular complexity index is 446. The quantitative estimate of drug-likeness (QED) is 0.805. The maximum absolute atomic E-state index is 10.9. The third kappa shape index (κ3) is 4.85. The molecule has 0 aliphatic heterocycles. The van der Waals surface area contributed by atoms with Crippen LogP contribution in [0.2, 0.25) is 0 Å². The molecule has 112 valence electrons. The van der Waals surface area contributed by atoms with E-state index in [1.165, 1.54) is 5.56 Å². The van der Waals surface area contributed by atoms with Crippen molar-refractivity contribution in [1.82, 2.24) is 5.32 Å². The van der Waals surface area contributed by atoms with Crippen molar-refractivity contribution >= 4 is 5.97 Å². The second-order valence-electron chi connectivity index (χ2n) is 5.68. The summed E-state index contributed by atoms with van der Waals surface area (Å²) in [6.45, 7) is 11.6. The van der Waals surface area contributed by atoms with E-state index in [2.05, 4.69) is 19.2 Å². The Morgan fingerprint density at radius 2 is 1.80 bits per heavy atom. The molecule has 1 rings (SSSR count). The van der Waals surface area contributed by atoms with Gasteiger partial charge in [0.1, 0.15) is 5.75 Å². The van der Waals surface area contributed by atoms with Crippen molar-refractivity contribution in [3.63, 3.8) is 0 Å². The van der Waals surface area contributed by atoms with E-state index >= 15 is 0 Å². The molecule has 0 aliphatic rings. The van der Waals surface area contributed by atoms with Gasteiger partial charge >= 0.3 is 5.97 Å². The average molecular weight is 279 g/mol. The second kappa shape index (κ2) is 7.29. The van der Waals surface area contributed by atoms with E-state index in [9.17, 15) is 4.79 Å². The highest BCUT2D eigenvalue weighted by molar-refractivity contribution is 5.72. The number of hydrogen-bond acceptors (Lipinski definition) is 3. The van der Waals surface area contributed by atoms with Crippen molar-refractivity contribution in [2.45, 2.75) is 47.3 Å². The standard InChI is InChI=1S/C16H25NO3/c1-10(2)8-17-9-14-6-11(3)15(12(4)7-14)20-13(5)16(18)19/h6-7,10,13,17H,8-9H2,1-5H3,(H,18,19). The maximum atomic E-state index is 10.9. The smallest absolute Gasteiger partial charge is 0.344 e. The fraction of sp³-hybridized carbons (Fsp3) is 0.562. The summed E-state index contributed by atoms with van der Waals surface area (Å²) < 4.78 is 5.52. The molecule has 4 heteroatoms. The maximum Gasteiger partial charge on any atom is 0.344 e. The minimum atomic E-state index is -0.952. The molecule has 0 fully saturated rings. The third-order valence-corrected chi connectivity index (χ3v) is 3.04. The van der Waals surface area contributed by atoms with Crippen molar-refractivity contribution in [2.24, 2.45) is 5.92 Å². The van der Waals surface area contributed by atoms with E-state index in [-0.39, 0.29) is 0 Å². The van der Waals surface area contributed by atoms with Gasteiger partial charge in [-0.2, -0.15) is 0 Å². The molecule has 2 N–H and O–H groups in total. The first-order valence-corrected chi connectivity index (χ1v) is 7.01. The molecule has 0 aromatic heterocycles. The van der Waals surface area contributed by atoms with Crippen LogP contribution in [0, 0.1) is 19.8 Å². The molecule has 0 heterocycles. The highest BCUT2D eigenvalue weighted by atomic mass is 16.5. The molecule has 0 bridgehead atoms. The highest BCUT2D eigenvalue weighted by Gasteiger charge is 2.15. The zero-order valence-electron chi connectivity index (χ0n) is 13.0. The van der Waals surface area contributed by atoms with Crippen LogP contribution in [0.4, 0.5) is 0 Å². The number of benzene rings is 1. The Hall–Kier alpha value is -1.55. The predicted octanol–water partition coefficient (Wildman–Crippen LogP) is 2.90. The van der Waals surface area contributed by atoms with Crippen molar-refractivity contribution in [3.8, 4) is 5.75 Å². The van der Waals surface area contributed by atoms with Crippen molar-refractivity contribution in [3.05, 3.63) is 28.8 Å². The summed E-state index contributed by atoms with van der Waals surface area (Å²) in [4.78, 5) is 10.9. The summed E-state index contributed by atoms with van der Waals surface area (Å²) in [5, 5.41) is 12.3. The number of ether oxygens (including phenoxy) is 1. The summed E-state index contributed by atoms with van der Waals surface area (Å²) in [6.07, 6.45) is -0.836. The number of nitrogens with one attached hydrogen (secondary N) is 1. The van der Waals surface area contributed by atoms with Gasteiger partial charge in [-0.25, -0.2) is 4.79 Å². The SMILES string of the molecule is Cc1cc(CNCC(C)C)cc(C)c1OC(C)C(=O)O. The zero-order valence-corrected chi connectivity index (χ0v) is 13.0. The van der Waals surface area contributed by atoms with Gasteiger partial charge in [-0.3, -0.25) is 0 Å². The first kappa shape index (κ1) is 16.5. The summed E-state index contributed by atoms with van der Waals surface area (Å²) in [7, 11) is 0. The second-order valence-corrected chi connectivity index (χ2v) is 5.68. The van der Waals surface area contributed by atoms with Crippen molar-refractivity contribution in [1.29, 1.82) is 0 Å². The molecule has 1 aromatic carbocycles. The lowest BCUT2D eigenvalue weighted by Gasteiger charge is -2.17. The number of hydrogen-bond donors (Lipinski definition) is 2. The lowest BCUT2D eigenvalue weighted by atomic mass is 10.1. The highest BCUT2D eigenvalue weighted by Crippen LogP contribution is 2.26. The summed E-state index contributed by atoms with van der Waals surface area (Å²) >= 11 is 0. The van der Waals surface area contributed by atoms with Crippen molar-refractivity contribution < 1.29 is 14.6 Å². The lowest BCUT2D eigenvalue weighted by Crippen LogP contribution is -2.24. The summed E-state index contributed by atoms with van der Waals surface area (Å²) in [6, 6.07) is 4.09. The van der Waals surface area contributed by atoms with Gasteiger partial charge in [-0.1, -0.05) is 26.0 Å². The van der Waals surface area contributed by atoms with Crippen LogP contribution < -0.4 is 10.1 Å². The average Bonchev–Trinajstić information content (AvgIpc) is 2.32. The Kier molecular flexibility index (Phi) is 6.02. The fourth-order valence-corrected chi connectivity index (χ4v) is 2.06. The molecule has 0 saturated carbocycles. The van der Waals surface area contributed by atoms with Gasteiger partial charge in [0.2, 0.25) is 0 Å². The molecular weight excluding hydrogens is 254 g/mol. The van der Waals surface area contributed by atoms with Gasteiger partial charge in [0.15, 0.2) is 6.10 Å². The monoisotopic (exact) mass is 279 g/mol. The number of carbonyl (C=O) groups is 1. The largest absolute Gasteiger partial charge is 0.479 e. The van der Waals surface area contributed by atoms with Crippen LogP contribution in [0.1, 0.15) is 37.5 Å². The van der Waals surface area contributed by atoms with Gasteiger partial charge < -0.3 is 15.2 Å². The Morgan fingerprint density at radius 3 is 2.25 bits per heavy atom. The van der Waals surface area contributed by atoms with Gasteiger partial charge in [0.05, 0.1) is 0 Å². The first-order valence-electron chi connectivity index (χ1n) is 7.01. The predicted molar refractivity (Wildman–Crippen MR) is 80.2 cm³/mol. The topological polar surface area (TPSA) is 58.6 Å². The van der Waals surface area contributed by atoms with E-state index in [1.54, 1.807) is 6.92 Å². The Morgan fingerprint density at radius 1 is 1.25 bits per heavy atom. The summed E-state index contributed by atoms with van der Waals surface area (Å²) in [5.74, 6) is 0.343. The fourth-order valence-electron chi connectivity index (χ4n) is 2.06. The third-order valence-electron chi connectivity index (χ3n) is 3.04. The molecule has 1 aromatic rings. The number of carboxylic acids is 1. The Balaban J connectivity index is 2.78. The normalized spacial score (nSPS) is 12.5. The minimum absolute atomic E-state index is 0.621. The van der Waals surface area contributed by atoms with Crippen molar-refractivity contribution in [2.75, 3.05) is 6.54 Å². The molecule has 0 aliphatic carbocycles. The Labute approximate surface area is 121 Å². The molecular formula is C16H25NO3. The molecule has 1 atom stereocenters. The summed E-state index contributed by atoms with van der Waals surface area (Å²) in [5.41, 5.74) is 3.13. The van der Waals surface area contributed by atoms with E-state index in [1.807, 2.05) is 26.0 Å². The first-order chi connectivity index (χ1) is 9.31. The van der Waals surface area contributed by atoms with E-state index < -0.39 is 12.1 Å². The molecule has 0 amide bonds. The van der Waals surface area contributed by atoms with Gasteiger partial charge in [0, 0.05) is 6.54 Å². The van der Waals surface area contributed by atoms with Gasteiger partial charge in [0.25, 0.3) is 0 Å². The van der Waals surface area contributed by atoms with E-state index in [0.717, 1.165) is 24.2 Å². The number of rotatable bonds is 7. The van der Waals surface area contributed by atoms with Crippen LogP contribution in [0.5, 0.6) is 5.75 Å². The van der Waals surface area contributed by atoms with Crippen LogP contribution in [-0.4, -0.2) is 23.7 Å². The van der Waals surface area contributed by atoms with Gasteiger partial charge in [-0.05, 0) is 49.9 Å². The van der Waals surface area contributed by atoms with Crippen LogP contribution in [0.15, 0.2) is 12.1 Å². The molecule has 1 unspecified atom stereocenters. The lowest BCUT2D eigenvalue weighted by molar-refractivity contribution is -0.144. The number of aliphatic carboxylic acids is 1. The van der Waals surface area contributed by atoms with Gasteiger partial charge in [-0.15, -0.1) is 0 Å². The van der Waals surface area contributed by atoms with Crippen LogP contribution in [0.25, 0.3) is 0 Å².